The van der Waals surface area contributed by atoms with Crippen LogP contribution in [0.3, 0.4) is 0 Å². The number of nitrogens with zero attached hydrogens (tertiary/aromatic N) is 2. The van der Waals surface area contributed by atoms with Crippen molar-refractivity contribution in [1.29, 1.82) is 0 Å². The first-order valence-corrected chi connectivity index (χ1v) is 17.6. The number of methoxy groups -OCH3 is 2. The second-order valence-electron chi connectivity index (χ2n) is 11.5. The molecule has 7 aromatic rings. The Balaban J connectivity index is 1.15. The Bertz CT molecular complexity index is 2290. The van der Waals surface area contributed by atoms with E-state index >= 15 is 0 Å². The average molecular weight is 674 g/mol. The van der Waals surface area contributed by atoms with E-state index in [1.807, 2.05) is 24.3 Å². The minimum Gasteiger partial charge on any atom is -0.497 e. The molecular formula is C42H31N3O2S2. The first kappa shape index (κ1) is 30.6. The van der Waals surface area contributed by atoms with E-state index in [4.69, 9.17) is 19.5 Å². The van der Waals surface area contributed by atoms with Crippen LogP contribution in [0.1, 0.15) is 10.4 Å². The quantitative estimate of drug-likeness (QED) is 0.166. The van der Waals surface area contributed by atoms with Crippen LogP contribution in [0.15, 0.2) is 154 Å². The lowest BCUT2D eigenvalue weighted by Gasteiger charge is -2.05. The Hall–Kier alpha value is -5.76. The van der Waals surface area contributed by atoms with Crippen LogP contribution in [0.5, 0.6) is 11.5 Å². The van der Waals surface area contributed by atoms with E-state index in [-0.39, 0.29) is 0 Å². The molecule has 7 heteroatoms. The van der Waals surface area contributed by atoms with Gasteiger partial charge in [0.15, 0.2) is 5.84 Å². The van der Waals surface area contributed by atoms with Gasteiger partial charge in [-0.2, -0.15) is 0 Å². The number of allylic oxidation sites excluding steroid dienone is 1. The second-order valence-corrected chi connectivity index (χ2v) is 13.4. The average Bonchev–Trinajstić information content (AvgIpc) is 4.00. The number of hydrogen-bond donors (Lipinski definition) is 1. The third kappa shape index (κ3) is 6.29. The summed E-state index contributed by atoms with van der Waals surface area (Å²) in [6.45, 7) is 0. The van der Waals surface area contributed by atoms with Gasteiger partial charge in [0.25, 0.3) is 0 Å². The summed E-state index contributed by atoms with van der Waals surface area (Å²) < 4.78 is 10.7. The van der Waals surface area contributed by atoms with Crippen molar-refractivity contribution in [3.05, 3.63) is 155 Å². The zero-order chi connectivity index (χ0) is 33.2. The van der Waals surface area contributed by atoms with Crippen LogP contribution in [0.2, 0.25) is 0 Å². The number of benzene rings is 4. The highest BCUT2D eigenvalue weighted by atomic mass is 32.1. The molecule has 238 valence electrons. The van der Waals surface area contributed by atoms with Gasteiger partial charge >= 0.3 is 0 Å². The van der Waals surface area contributed by atoms with Crippen LogP contribution in [0.25, 0.3) is 49.5 Å². The summed E-state index contributed by atoms with van der Waals surface area (Å²) in [6.07, 6.45) is 2.15. The molecule has 4 heterocycles. The molecule has 0 saturated carbocycles. The highest BCUT2D eigenvalue weighted by Gasteiger charge is 2.22. The molecule has 0 atom stereocenters. The molecule has 1 N–H and O–H groups in total. The maximum Gasteiger partial charge on any atom is 0.163 e. The lowest BCUT2D eigenvalue weighted by molar-refractivity contribution is 0.415. The van der Waals surface area contributed by atoms with E-state index in [1.165, 1.54) is 0 Å². The van der Waals surface area contributed by atoms with Crippen molar-refractivity contribution in [2.24, 2.45) is 9.98 Å². The van der Waals surface area contributed by atoms with Crippen molar-refractivity contribution < 1.29 is 9.47 Å². The van der Waals surface area contributed by atoms with Gasteiger partial charge in [-0.3, -0.25) is 0 Å². The van der Waals surface area contributed by atoms with Crippen LogP contribution in [0.4, 0.5) is 5.82 Å². The first-order chi connectivity index (χ1) is 24.1. The number of ether oxygens (including phenoxy) is 2. The molecule has 5 nitrogen and oxygen atoms in total. The molecule has 0 radical (unpaired) electrons. The van der Waals surface area contributed by atoms with Crippen molar-refractivity contribution in [3.63, 3.8) is 0 Å². The van der Waals surface area contributed by atoms with Gasteiger partial charge in [-0.05, 0) is 87.1 Å². The van der Waals surface area contributed by atoms with Crippen molar-refractivity contribution in [1.82, 2.24) is 4.98 Å². The highest BCUT2D eigenvalue weighted by Crippen LogP contribution is 2.39. The summed E-state index contributed by atoms with van der Waals surface area (Å²) in [4.78, 5) is 16.3. The zero-order valence-electron chi connectivity index (χ0n) is 26.9. The van der Waals surface area contributed by atoms with E-state index in [0.717, 1.165) is 83.0 Å². The number of hydrogen-bond acceptors (Lipinski definition) is 5. The fourth-order valence-corrected chi connectivity index (χ4v) is 7.39. The van der Waals surface area contributed by atoms with Crippen molar-refractivity contribution in [3.8, 4) is 55.5 Å². The Labute approximate surface area is 293 Å². The van der Waals surface area contributed by atoms with Crippen molar-refractivity contribution in [2.75, 3.05) is 14.2 Å². The monoisotopic (exact) mass is 673 g/mol. The van der Waals surface area contributed by atoms with Crippen LogP contribution in [-0.2, 0) is 0 Å². The molecule has 1 aliphatic rings. The number of aromatic nitrogens is 1. The molecular weight excluding hydrogens is 643 g/mol. The minimum absolute atomic E-state index is 0.692. The smallest absolute Gasteiger partial charge is 0.163 e. The van der Waals surface area contributed by atoms with Crippen LogP contribution in [0, 0.1) is 0 Å². The van der Waals surface area contributed by atoms with Crippen molar-refractivity contribution in [2.45, 2.75) is 0 Å². The largest absolute Gasteiger partial charge is 0.497 e. The lowest BCUT2D eigenvalue weighted by atomic mass is 10.0. The van der Waals surface area contributed by atoms with E-state index in [9.17, 15) is 0 Å². The van der Waals surface area contributed by atoms with E-state index in [1.54, 1.807) is 36.9 Å². The fourth-order valence-electron chi connectivity index (χ4n) is 5.91. The maximum absolute atomic E-state index is 5.33. The molecule has 0 aliphatic carbocycles. The Morgan fingerprint density at radius 3 is 1.57 bits per heavy atom. The molecule has 49 heavy (non-hydrogen) atoms. The number of aromatic amines is 1. The van der Waals surface area contributed by atoms with Gasteiger partial charge < -0.3 is 14.5 Å². The molecule has 0 amide bonds. The summed E-state index contributed by atoms with van der Waals surface area (Å²) in [7, 11) is 3.37. The molecule has 3 aromatic heterocycles. The van der Waals surface area contributed by atoms with E-state index in [0.29, 0.717) is 5.84 Å². The van der Waals surface area contributed by atoms with Crippen LogP contribution < -0.4 is 9.47 Å². The molecule has 1 aliphatic heterocycles. The van der Waals surface area contributed by atoms with Crippen LogP contribution >= 0.6 is 22.7 Å². The van der Waals surface area contributed by atoms with Gasteiger partial charge in [-0.1, -0.05) is 84.9 Å². The number of H-pyrrole nitrogens is 1. The molecule has 0 bridgehead atoms. The zero-order valence-corrected chi connectivity index (χ0v) is 28.5. The van der Waals surface area contributed by atoms with Gasteiger partial charge in [0, 0.05) is 32.1 Å². The number of aliphatic imine (C=N–C) groups is 2. The van der Waals surface area contributed by atoms with Gasteiger partial charge in [0.1, 0.15) is 17.3 Å². The topological polar surface area (TPSA) is 59.0 Å². The summed E-state index contributed by atoms with van der Waals surface area (Å²) in [5.74, 6) is 3.17. The highest BCUT2D eigenvalue weighted by molar-refractivity contribution is 7.13. The van der Waals surface area contributed by atoms with E-state index < -0.39 is 0 Å². The summed E-state index contributed by atoms with van der Waals surface area (Å²) in [5, 5.41) is 4.19. The molecule has 4 aromatic carbocycles. The Morgan fingerprint density at radius 2 is 1.06 bits per heavy atom. The van der Waals surface area contributed by atoms with Crippen molar-refractivity contribution >= 4 is 45.6 Å². The molecule has 0 spiro atoms. The fraction of sp³-hybridized carbons (Fsp3) is 0.0476. The molecule has 0 fully saturated rings. The maximum atomic E-state index is 5.33. The number of thiophene rings is 2. The van der Waals surface area contributed by atoms with E-state index in [2.05, 4.69) is 125 Å². The lowest BCUT2D eigenvalue weighted by Crippen LogP contribution is -1.95. The second kappa shape index (κ2) is 13.4. The predicted octanol–water partition coefficient (Wildman–Crippen LogP) is 11.4. The molecule has 0 unspecified atom stereocenters. The Morgan fingerprint density at radius 1 is 0.571 bits per heavy atom. The number of amidine groups is 1. The van der Waals surface area contributed by atoms with Gasteiger partial charge in [0.05, 0.1) is 19.9 Å². The van der Waals surface area contributed by atoms with Gasteiger partial charge in [0.2, 0.25) is 0 Å². The molecule has 0 saturated heterocycles. The third-order valence-electron chi connectivity index (χ3n) is 8.56. The van der Waals surface area contributed by atoms with Crippen LogP contribution in [-0.4, -0.2) is 30.8 Å². The Kier molecular flexibility index (Phi) is 8.35. The summed E-state index contributed by atoms with van der Waals surface area (Å²) in [6, 6.07) is 44.0. The first-order valence-electron chi connectivity index (χ1n) is 15.8. The number of nitrogens with one attached hydrogen (secondary N) is 1. The van der Waals surface area contributed by atoms with Gasteiger partial charge in [-0.15, -0.1) is 22.7 Å². The minimum atomic E-state index is 0.692. The third-order valence-corrected chi connectivity index (χ3v) is 10.4. The standard InChI is InChI=1S/C42H31N3O2S2/c1-46-33-19-15-29(16-20-33)27-7-11-31(12-8-27)37-25-35(39-5-3-23-48-39)41(43-37)45-42-36(40-6-4-24-49-40)26-38(44-42)32-13-9-28(10-14-32)30-17-21-34(47-2)22-18-30/h3-26,43H,1-2H3/b45-42-. The normalized spacial score (nSPS) is 13.4. The SMILES string of the molecule is COc1ccc(-c2ccc(C3=N/C(=N\c4[nH]c(-c5ccc(-c6ccc(OC)cc6)cc5)cc4-c4cccs4)C(c4cccs4)=C3)cc2)cc1. The predicted molar refractivity (Wildman–Crippen MR) is 206 cm³/mol. The number of rotatable bonds is 9. The summed E-state index contributed by atoms with van der Waals surface area (Å²) >= 11 is 3.39. The summed E-state index contributed by atoms with van der Waals surface area (Å²) in [5.41, 5.74) is 10.6. The molecule has 8 rings (SSSR count). The van der Waals surface area contributed by atoms with Gasteiger partial charge in [-0.25, -0.2) is 9.98 Å².